The summed E-state index contributed by atoms with van der Waals surface area (Å²) < 4.78 is 10.3. The number of carbonyl (C=O) groups is 2. The second-order valence-electron chi connectivity index (χ2n) is 9.08. The van der Waals surface area contributed by atoms with E-state index in [0.29, 0.717) is 35.9 Å². The molecule has 0 unspecified atom stereocenters. The fraction of sp³-hybridized carbons (Fsp3) is 0.652. The van der Waals surface area contributed by atoms with Crippen LogP contribution in [-0.2, 0) is 16.0 Å². The predicted octanol–water partition coefficient (Wildman–Crippen LogP) is 4.54. The van der Waals surface area contributed by atoms with Crippen LogP contribution in [0.2, 0.25) is 0 Å². The van der Waals surface area contributed by atoms with Crippen LogP contribution in [0, 0.1) is 22.7 Å². The van der Waals surface area contributed by atoms with Crippen molar-refractivity contribution in [2.75, 3.05) is 14.2 Å². The van der Waals surface area contributed by atoms with E-state index in [-0.39, 0.29) is 28.1 Å². The number of ketones is 1. The van der Waals surface area contributed by atoms with Crippen LogP contribution in [0.3, 0.4) is 0 Å². The van der Waals surface area contributed by atoms with Crippen LogP contribution in [0.15, 0.2) is 12.1 Å². The number of Topliss-reactive ketones (excluding diaryl/α,β-unsaturated/α-hetero) is 1. The zero-order valence-electron chi connectivity index (χ0n) is 17.6. The minimum Gasteiger partial charge on any atom is -0.508 e. The first kappa shape index (κ1) is 20.7. The number of benzene rings is 1. The smallest absolute Gasteiger partial charge is 0.338 e. The van der Waals surface area contributed by atoms with Crippen molar-refractivity contribution in [2.45, 2.75) is 59.3 Å². The summed E-state index contributed by atoms with van der Waals surface area (Å²) in [4.78, 5) is 24.7. The Hall–Kier alpha value is -2.04. The first-order valence-electron chi connectivity index (χ1n) is 10.2. The van der Waals surface area contributed by atoms with Gasteiger partial charge in [0.05, 0.1) is 19.8 Å². The van der Waals surface area contributed by atoms with Gasteiger partial charge in [-0.2, -0.15) is 0 Å². The molecule has 0 heterocycles. The van der Waals surface area contributed by atoms with Crippen LogP contribution >= 0.6 is 0 Å². The van der Waals surface area contributed by atoms with Crippen LogP contribution < -0.4 is 4.74 Å². The van der Waals surface area contributed by atoms with Crippen LogP contribution in [-0.4, -0.2) is 31.1 Å². The fourth-order valence-corrected chi connectivity index (χ4v) is 5.73. The van der Waals surface area contributed by atoms with Crippen molar-refractivity contribution in [1.82, 2.24) is 0 Å². The summed E-state index contributed by atoms with van der Waals surface area (Å²) in [6.45, 7) is 6.65. The molecule has 0 bridgehead atoms. The molecule has 4 atom stereocenters. The highest BCUT2D eigenvalue weighted by Crippen LogP contribution is 2.60. The number of hydrogen-bond donors (Lipinski definition) is 1. The molecule has 0 spiro atoms. The molecular weight excluding hydrogens is 356 g/mol. The molecule has 0 amide bonds. The summed E-state index contributed by atoms with van der Waals surface area (Å²) in [5.41, 5.74) is 0.543. The molecule has 2 aliphatic rings. The summed E-state index contributed by atoms with van der Waals surface area (Å²) in [7, 11) is 2.85. The Morgan fingerprint density at radius 2 is 1.96 bits per heavy atom. The normalized spacial score (nSPS) is 32.5. The van der Waals surface area contributed by atoms with E-state index in [4.69, 9.17) is 9.47 Å². The molecule has 2 saturated carbocycles. The average Bonchev–Trinajstić information content (AvgIpc) is 2.67. The Balaban J connectivity index is 2.03. The van der Waals surface area contributed by atoms with Crippen molar-refractivity contribution >= 4 is 11.8 Å². The van der Waals surface area contributed by atoms with E-state index in [0.717, 1.165) is 25.7 Å². The number of hydrogen-bond acceptors (Lipinski definition) is 5. The number of methoxy groups -OCH3 is 2. The van der Waals surface area contributed by atoms with Gasteiger partial charge in [-0.15, -0.1) is 0 Å². The molecule has 28 heavy (non-hydrogen) atoms. The van der Waals surface area contributed by atoms with Gasteiger partial charge in [0.1, 0.15) is 17.3 Å². The molecule has 2 fully saturated rings. The Morgan fingerprint density at radius 1 is 1.25 bits per heavy atom. The number of phenols is 1. The lowest BCUT2D eigenvalue weighted by Crippen LogP contribution is -2.54. The Kier molecular flexibility index (Phi) is 5.48. The van der Waals surface area contributed by atoms with Gasteiger partial charge in [-0.3, -0.25) is 4.79 Å². The minimum atomic E-state index is -0.511. The van der Waals surface area contributed by atoms with Crippen LogP contribution in [0.5, 0.6) is 11.5 Å². The van der Waals surface area contributed by atoms with Gasteiger partial charge in [-0.05, 0) is 61.5 Å². The zero-order valence-corrected chi connectivity index (χ0v) is 17.6. The molecule has 3 rings (SSSR count). The van der Waals surface area contributed by atoms with Crippen molar-refractivity contribution in [2.24, 2.45) is 22.7 Å². The van der Waals surface area contributed by atoms with Crippen molar-refractivity contribution < 1.29 is 24.2 Å². The van der Waals surface area contributed by atoms with Crippen molar-refractivity contribution in [3.05, 3.63) is 23.3 Å². The molecule has 0 aromatic heterocycles. The highest BCUT2D eigenvalue weighted by atomic mass is 16.5. The van der Waals surface area contributed by atoms with Crippen molar-refractivity contribution in [1.29, 1.82) is 0 Å². The number of rotatable bonds is 4. The largest absolute Gasteiger partial charge is 0.508 e. The highest BCUT2D eigenvalue weighted by Gasteiger charge is 2.56. The van der Waals surface area contributed by atoms with E-state index in [1.165, 1.54) is 13.2 Å². The fourth-order valence-electron chi connectivity index (χ4n) is 5.73. The molecule has 0 radical (unpaired) electrons. The molecule has 5 nitrogen and oxygen atoms in total. The minimum absolute atomic E-state index is 0.0441. The van der Waals surface area contributed by atoms with Crippen molar-refractivity contribution in [3.8, 4) is 11.5 Å². The summed E-state index contributed by atoms with van der Waals surface area (Å²) in [5.74, 6) is 1.10. The first-order valence-corrected chi connectivity index (χ1v) is 10.2. The first-order chi connectivity index (χ1) is 13.2. The molecule has 1 aromatic carbocycles. The van der Waals surface area contributed by atoms with Gasteiger partial charge in [0, 0.05) is 17.4 Å². The number of phenolic OH excluding ortho intramolecular Hbond substituents is 1. The number of ether oxygens (including phenoxy) is 2. The highest BCUT2D eigenvalue weighted by molar-refractivity contribution is 5.90. The molecule has 154 valence electrons. The van der Waals surface area contributed by atoms with E-state index >= 15 is 0 Å². The van der Waals surface area contributed by atoms with E-state index in [1.54, 1.807) is 13.2 Å². The second kappa shape index (κ2) is 7.41. The van der Waals surface area contributed by atoms with E-state index in [1.807, 2.05) is 0 Å². The summed E-state index contributed by atoms with van der Waals surface area (Å²) in [6, 6.07) is 3.08. The van der Waals surface area contributed by atoms with Gasteiger partial charge in [0.2, 0.25) is 0 Å². The van der Waals surface area contributed by atoms with Crippen LogP contribution in [0.4, 0.5) is 0 Å². The lowest BCUT2D eigenvalue weighted by molar-refractivity contribution is -0.148. The molecular formula is C23H32O5. The molecule has 1 aromatic rings. The second-order valence-corrected chi connectivity index (χ2v) is 9.08. The van der Waals surface area contributed by atoms with Gasteiger partial charge in [-0.25, -0.2) is 4.79 Å². The SMILES string of the molecule is COC(=O)c1cc(O)c(C[C@]2(C)[C@@H](C)CC[C@]3(C)C(=O)CCC[C@@H]23)c(OC)c1. The molecule has 2 aliphatic carbocycles. The van der Waals surface area contributed by atoms with E-state index in [9.17, 15) is 14.7 Å². The molecule has 0 aliphatic heterocycles. The third kappa shape index (κ3) is 3.19. The monoisotopic (exact) mass is 388 g/mol. The maximum absolute atomic E-state index is 12.8. The number of carbonyl (C=O) groups excluding carboxylic acids is 2. The van der Waals surface area contributed by atoms with E-state index in [2.05, 4.69) is 20.8 Å². The number of aromatic hydroxyl groups is 1. The van der Waals surface area contributed by atoms with Gasteiger partial charge < -0.3 is 14.6 Å². The Bertz CT molecular complexity index is 785. The average molecular weight is 389 g/mol. The number of fused-ring (bicyclic) bond motifs is 1. The molecule has 0 saturated heterocycles. The van der Waals surface area contributed by atoms with Gasteiger partial charge in [0.25, 0.3) is 0 Å². The summed E-state index contributed by atoms with van der Waals surface area (Å²) in [5, 5.41) is 10.7. The van der Waals surface area contributed by atoms with Crippen LogP contribution in [0.1, 0.15) is 68.8 Å². The standard InChI is InChI=1S/C23H32O5/c1-14-9-10-22(2)19(7-6-8-20(22)25)23(14,3)13-16-17(24)11-15(21(26)28-5)12-18(16)27-4/h11-12,14,19,24H,6-10,13H2,1-5H3/t14-,19+,22-,23+/m0/s1. The predicted molar refractivity (Wildman–Crippen MR) is 107 cm³/mol. The third-order valence-corrected chi connectivity index (χ3v) is 7.71. The molecule has 5 heteroatoms. The number of esters is 1. The summed E-state index contributed by atoms with van der Waals surface area (Å²) >= 11 is 0. The molecule has 1 N–H and O–H groups in total. The quantitative estimate of drug-likeness (QED) is 0.767. The Labute approximate surface area is 167 Å². The van der Waals surface area contributed by atoms with Gasteiger partial charge >= 0.3 is 5.97 Å². The van der Waals surface area contributed by atoms with Crippen LogP contribution in [0.25, 0.3) is 0 Å². The lowest BCUT2D eigenvalue weighted by Gasteiger charge is -2.57. The topological polar surface area (TPSA) is 72.8 Å². The maximum atomic E-state index is 12.8. The van der Waals surface area contributed by atoms with Gasteiger partial charge in [-0.1, -0.05) is 20.8 Å². The van der Waals surface area contributed by atoms with Crippen molar-refractivity contribution in [3.63, 3.8) is 0 Å². The van der Waals surface area contributed by atoms with Gasteiger partial charge in [0.15, 0.2) is 0 Å². The zero-order chi connectivity index (χ0) is 20.7. The third-order valence-electron chi connectivity index (χ3n) is 7.71. The Morgan fingerprint density at radius 3 is 2.61 bits per heavy atom. The summed E-state index contributed by atoms with van der Waals surface area (Å²) in [6.07, 6.45) is 5.20. The lowest BCUT2D eigenvalue weighted by atomic mass is 9.46. The maximum Gasteiger partial charge on any atom is 0.338 e. The van der Waals surface area contributed by atoms with E-state index < -0.39 is 5.97 Å².